The summed E-state index contributed by atoms with van der Waals surface area (Å²) < 4.78 is 0. The Kier molecular flexibility index (Phi) is 16.5. The van der Waals surface area contributed by atoms with Gasteiger partial charge in [0.15, 0.2) is 0 Å². The van der Waals surface area contributed by atoms with Gasteiger partial charge in [0, 0.05) is 6.42 Å². The Morgan fingerprint density at radius 3 is 2.05 bits per heavy atom. The smallest absolute Gasteiger partial charge is 0.326 e. The molecule has 4 atom stereocenters. The molecule has 218 valence electrons. The Morgan fingerprint density at radius 2 is 1.49 bits per heavy atom. The summed E-state index contributed by atoms with van der Waals surface area (Å²) >= 11 is 1.53. The number of nitrogens with one attached hydrogen (secondary N) is 4. The third-order valence-corrected chi connectivity index (χ3v) is 6.66. The van der Waals surface area contributed by atoms with E-state index in [9.17, 15) is 29.1 Å². The summed E-state index contributed by atoms with van der Waals surface area (Å²) in [6.45, 7) is 4.21. The molecule has 7 N–H and O–H groups in total. The molecule has 1 aromatic rings. The zero-order valence-corrected chi connectivity index (χ0v) is 23.8. The monoisotopic (exact) mass is 565 g/mol. The van der Waals surface area contributed by atoms with Gasteiger partial charge >= 0.3 is 5.97 Å². The van der Waals surface area contributed by atoms with Gasteiger partial charge in [-0.3, -0.25) is 19.2 Å². The largest absolute Gasteiger partial charge is 0.480 e. The van der Waals surface area contributed by atoms with Gasteiger partial charge in [0.2, 0.25) is 24.1 Å². The summed E-state index contributed by atoms with van der Waals surface area (Å²) in [4.78, 5) is 62.4. The van der Waals surface area contributed by atoms with E-state index in [1.165, 1.54) is 11.8 Å². The number of carbonyl (C=O) groups excluding carboxylic acids is 4. The minimum Gasteiger partial charge on any atom is -0.480 e. The van der Waals surface area contributed by atoms with Gasteiger partial charge in [-0.25, -0.2) is 4.79 Å². The van der Waals surface area contributed by atoms with Crippen LogP contribution in [0.4, 0.5) is 0 Å². The fraction of sp³-hybridized carbons (Fsp3) is 0.593. The summed E-state index contributed by atoms with van der Waals surface area (Å²) in [6, 6.07) is 5.06. The molecule has 12 heteroatoms. The Balaban J connectivity index is 3.13. The van der Waals surface area contributed by atoms with Crippen molar-refractivity contribution in [3.05, 3.63) is 35.9 Å². The summed E-state index contributed by atoms with van der Waals surface area (Å²) in [5.41, 5.74) is 6.27. The number of unbranched alkanes of at least 4 members (excludes halogenated alkanes) is 1. The molecular weight excluding hydrogens is 522 g/mol. The number of amides is 4. The highest BCUT2D eigenvalue weighted by molar-refractivity contribution is 7.98. The van der Waals surface area contributed by atoms with E-state index in [4.69, 9.17) is 5.73 Å². The average Bonchev–Trinajstić information content (AvgIpc) is 2.89. The van der Waals surface area contributed by atoms with E-state index >= 15 is 0 Å². The number of thioether (sulfide) groups is 1. The summed E-state index contributed by atoms with van der Waals surface area (Å²) in [7, 11) is 0. The first-order chi connectivity index (χ1) is 18.6. The van der Waals surface area contributed by atoms with Crippen LogP contribution in [-0.2, 0) is 30.4 Å². The molecular formula is C27H43N5O6S. The lowest BCUT2D eigenvalue weighted by atomic mass is 10.00. The van der Waals surface area contributed by atoms with Crippen LogP contribution in [0.3, 0.4) is 0 Å². The van der Waals surface area contributed by atoms with Gasteiger partial charge in [-0.05, 0) is 62.1 Å². The predicted octanol–water partition coefficient (Wildman–Crippen LogP) is 0.811. The second kappa shape index (κ2) is 19.0. The standard InChI is InChI=1S/C27H43N5O6S/c1-18(2)15-22(31-24(34)20(29-17-33)12-14-39-3)25(35)32-23(16-19-9-5-4-6-10-19)26(36)30-21(27(37)38)11-7-8-13-28/h4-6,9-10,17-18,20-23H,7-8,11-16,28H2,1-3H3,(H,29,33)(H,30,36)(H,31,34)(H,32,35)(H,37,38)/t20-,21+,22+,23+/m0/s1. The maximum Gasteiger partial charge on any atom is 0.326 e. The number of nitrogens with two attached hydrogens (primary N) is 1. The topological polar surface area (TPSA) is 180 Å². The van der Waals surface area contributed by atoms with Crippen LogP contribution in [0, 0.1) is 5.92 Å². The maximum absolute atomic E-state index is 13.4. The van der Waals surface area contributed by atoms with Crippen LogP contribution in [0.25, 0.3) is 0 Å². The zero-order chi connectivity index (χ0) is 29.2. The van der Waals surface area contributed by atoms with Crippen LogP contribution in [0.2, 0.25) is 0 Å². The second-order valence-electron chi connectivity index (χ2n) is 9.74. The first-order valence-electron chi connectivity index (χ1n) is 13.2. The van der Waals surface area contributed by atoms with Crippen LogP contribution in [0.5, 0.6) is 0 Å². The molecule has 39 heavy (non-hydrogen) atoms. The molecule has 4 amide bonds. The van der Waals surface area contributed by atoms with Crippen molar-refractivity contribution in [1.29, 1.82) is 0 Å². The van der Waals surface area contributed by atoms with E-state index in [1.54, 1.807) is 24.3 Å². The Labute approximate surface area is 234 Å². The van der Waals surface area contributed by atoms with Gasteiger partial charge in [-0.1, -0.05) is 44.2 Å². The summed E-state index contributed by atoms with van der Waals surface area (Å²) in [5, 5.41) is 20.1. The van der Waals surface area contributed by atoms with Gasteiger partial charge in [0.1, 0.15) is 24.2 Å². The molecule has 0 spiro atoms. The van der Waals surface area contributed by atoms with Crippen LogP contribution in [0.15, 0.2) is 30.3 Å². The molecule has 1 aromatic carbocycles. The third kappa shape index (κ3) is 13.5. The number of carboxylic acid groups (broad SMARTS) is 1. The maximum atomic E-state index is 13.4. The molecule has 0 aromatic heterocycles. The number of carboxylic acids is 1. The Morgan fingerprint density at radius 1 is 0.897 bits per heavy atom. The van der Waals surface area contributed by atoms with Gasteiger partial charge in [-0.15, -0.1) is 0 Å². The lowest BCUT2D eigenvalue weighted by Gasteiger charge is -2.26. The van der Waals surface area contributed by atoms with Crippen molar-refractivity contribution in [2.45, 2.75) is 76.5 Å². The molecule has 0 bridgehead atoms. The highest BCUT2D eigenvalue weighted by Gasteiger charge is 2.31. The zero-order valence-electron chi connectivity index (χ0n) is 23.0. The molecule has 1 rings (SSSR count). The first-order valence-corrected chi connectivity index (χ1v) is 14.6. The van der Waals surface area contributed by atoms with Crippen LogP contribution >= 0.6 is 11.8 Å². The lowest BCUT2D eigenvalue weighted by Crippen LogP contribution is -2.58. The van der Waals surface area contributed by atoms with E-state index in [0.717, 1.165) is 5.56 Å². The quantitative estimate of drug-likeness (QED) is 0.0992. The molecule has 0 aliphatic carbocycles. The lowest BCUT2D eigenvalue weighted by molar-refractivity contribution is -0.142. The van der Waals surface area contributed by atoms with Crippen molar-refractivity contribution in [3.63, 3.8) is 0 Å². The first kappa shape index (κ1) is 33.9. The normalized spacial score (nSPS) is 14.0. The second-order valence-corrected chi connectivity index (χ2v) is 10.7. The molecule has 0 aliphatic heterocycles. The minimum atomic E-state index is -1.17. The van der Waals surface area contributed by atoms with Crippen molar-refractivity contribution >= 4 is 41.9 Å². The SMILES string of the molecule is CSCC[C@H](NC=O)C(=O)N[C@H](CC(C)C)C(=O)N[C@H](Cc1ccccc1)C(=O)N[C@H](CCCCN)C(=O)O. The number of aliphatic carboxylic acids is 1. The number of benzene rings is 1. The van der Waals surface area contributed by atoms with E-state index in [-0.39, 0.29) is 18.8 Å². The minimum absolute atomic E-state index is 0.0325. The number of hydrogen-bond acceptors (Lipinski definition) is 7. The van der Waals surface area contributed by atoms with Crippen LogP contribution in [-0.4, -0.2) is 77.9 Å². The van der Waals surface area contributed by atoms with E-state index in [2.05, 4.69) is 21.3 Å². The number of carbonyl (C=O) groups is 5. The van der Waals surface area contributed by atoms with Crippen molar-refractivity contribution in [2.24, 2.45) is 11.7 Å². The van der Waals surface area contributed by atoms with Crippen molar-refractivity contribution in [3.8, 4) is 0 Å². The third-order valence-electron chi connectivity index (χ3n) is 6.01. The number of rotatable bonds is 20. The van der Waals surface area contributed by atoms with Crippen molar-refractivity contribution < 1.29 is 29.1 Å². The highest BCUT2D eigenvalue weighted by atomic mass is 32.2. The number of hydrogen-bond donors (Lipinski definition) is 6. The Bertz CT molecular complexity index is 917. The summed E-state index contributed by atoms with van der Waals surface area (Å²) in [5.74, 6) is -2.21. The fourth-order valence-electron chi connectivity index (χ4n) is 3.94. The van der Waals surface area contributed by atoms with Gasteiger partial charge in [0.05, 0.1) is 0 Å². The highest BCUT2D eigenvalue weighted by Crippen LogP contribution is 2.10. The molecule has 0 radical (unpaired) electrons. The molecule has 0 saturated heterocycles. The van der Waals surface area contributed by atoms with Crippen molar-refractivity contribution in [2.75, 3.05) is 18.6 Å². The molecule has 0 heterocycles. The van der Waals surface area contributed by atoms with Crippen LogP contribution in [0.1, 0.15) is 51.5 Å². The van der Waals surface area contributed by atoms with Gasteiger partial charge < -0.3 is 32.1 Å². The average molecular weight is 566 g/mol. The summed E-state index contributed by atoms with van der Waals surface area (Å²) in [6.07, 6.45) is 4.50. The molecule has 0 aliphatic rings. The molecule has 11 nitrogen and oxygen atoms in total. The van der Waals surface area contributed by atoms with Crippen molar-refractivity contribution in [1.82, 2.24) is 21.3 Å². The molecule has 0 fully saturated rings. The van der Waals surface area contributed by atoms with Crippen LogP contribution < -0.4 is 27.0 Å². The molecule has 0 unspecified atom stereocenters. The van der Waals surface area contributed by atoms with E-state index in [0.29, 0.717) is 44.4 Å². The fourth-order valence-corrected chi connectivity index (χ4v) is 4.41. The van der Waals surface area contributed by atoms with E-state index in [1.807, 2.05) is 26.2 Å². The van der Waals surface area contributed by atoms with E-state index < -0.39 is 47.9 Å². The van der Waals surface area contributed by atoms with Gasteiger partial charge in [0.25, 0.3) is 0 Å². The van der Waals surface area contributed by atoms with Gasteiger partial charge in [-0.2, -0.15) is 11.8 Å². The molecule has 0 saturated carbocycles. The predicted molar refractivity (Wildman–Crippen MR) is 152 cm³/mol. The Hall–Kier alpha value is -3.12.